The number of carbonyl (C=O) groups excluding carboxylic acids is 1. The van der Waals surface area contributed by atoms with Crippen LogP contribution in [0.25, 0.3) is 0 Å². The van der Waals surface area contributed by atoms with Crippen LogP contribution in [0.5, 0.6) is 0 Å². The van der Waals surface area contributed by atoms with Crippen molar-refractivity contribution in [1.82, 2.24) is 9.78 Å². The van der Waals surface area contributed by atoms with Crippen molar-refractivity contribution in [1.29, 1.82) is 0 Å². The van der Waals surface area contributed by atoms with Crippen LogP contribution in [0.15, 0.2) is 10.7 Å². The number of halogens is 1. The van der Waals surface area contributed by atoms with Crippen molar-refractivity contribution in [2.45, 2.75) is 26.7 Å². The zero-order valence-corrected chi connectivity index (χ0v) is 10.3. The van der Waals surface area contributed by atoms with Crippen molar-refractivity contribution >= 4 is 21.7 Å². The molecule has 0 fully saturated rings. The van der Waals surface area contributed by atoms with Gasteiger partial charge in [0.15, 0.2) is 5.78 Å². The molecule has 14 heavy (non-hydrogen) atoms. The van der Waals surface area contributed by atoms with Crippen LogP contribution < -0.4 is 0 Å². The Hall–Kier alpha value is -0.640. The lowest BCUT2D eigenvalue weighted by atomic mass is 10.0. The molecule has 0 bridgehead atoms. The van der Waals surface area contributed by atoms with E-state index in [1.54, 1.807) is 17.9 Å². The first-order chi connectivity index (χ1) is 6.56. The number of hydrogen-bond donors (Lipinski definition) is 0. The largest absolute Gasteiger partial charge is 0.292 e. The van der Waals surface area contributed by atoms with Gasteiger partial charge in [0.1, 0.15) is 5.69 Å². The summed E-state index contributed by atoms with van der Waals surface area (Å²) in [5.41, 5.74) is 0.672. The van der Waals surface area contributed by atoms with Crippen LogP contribution in [0.1, 0.15) is 37.2 Å². The van der Waals surface area contributed by atoms with Gasteiger partial charge in [0.2, 0.25) is 0 Å². The number of aromatic nitrogens is 2. The maximum absolute atomic E-state index is 11.8. The summed E-state index contributed by atoms with van der Waals surface area (Å²) in [6.45, 7) is 4.18. The molecule has 1 heterocycles. The second kappa shape index (κ2) is 4.73. The predicted octanol–water partition coefficient (Wildman–Crippen LogP) is 2.80. The summed E-state index contributed by atoms with van der Waals surface area (Å²) in [7, 11) is 1.79. The van der Waals surface area contributed by atoms with Gasteiger partial charge in [-0.1, -0.05) is 20.3 Å². The molecule has 0 spiro atoms. The molecule has 0 aliphatic carbocycles. The Morgan fingerprint density at radius 3 is 2.79 bits per heavy atom. The fourth-order valence-corrected chi connectivity index (χ4v) is 1.85. The number of Topliss-reactive ketones (excluding diaryl/α,β-unsaturated/α-hetero) is 1. The molecular formula is C10H15BrN2O. The van der Waals surface area contributed by atoms with Gasteiger partial charge >= 0.3 is 0 Å². The van der Waals surface area contributed by atoms with Crippen molar-refractivity contribution in [2.24, 2.45) is 13.0 Å². The lowest BCUT2D eigenvalue weighted by Gasteiger charge is -2.07. The summed E-state index contributed by atoms with van der Waals surface area (Å²) in [6, 6.07) is 0. The number of nitrogens with zero attached hydrogens (tertiary/aromatic N) is 2. The SMILES string of the molecule is CCC(C)CC(=O)c1c(Br)cnn1C. The number of carbonyl (C=O) groups is 1. The average Bonchev–Trinajstić information content (AvgIpc) is 2.46. The fraction of sp³-hybridized carbons (Fsp3) is 0.600. The van der Waals surface area contributed by atoms with Crippen LogP contribution >= 0.6 is 15.9 Å². The van der Waals surface area contributed by atoms with Crippen molar-refractivity contribution < 1.29 is 4.79 Å². The van der Waals surface area contributed by atoms with Crippen molar-refractivity contribution in [2.75, 3.05) is 0 Å². The molecule has 1 aromatic rings. The van der Waals surface area contributed by atoms with Gasteiger partial charge in [-0.05, 0) is 21.8 Å². The Morgan fingerprint density at radius 1 is 1.71 bits per heavy atom. The van der Waals surface area contributed by atoms with Gasteiger partial charge in [0, 0.05) is 13.5 Å². The minimum absolute atomic E-state index is 0.159. The molecule has 0 saturated heterocycles. The lowest BCUT2D eigenvalue weighted by molar-refractivity contribution is 0.0953. The third kappa shape index (κ3) is 2.44. The highest BCUT2D eigenvalue weighted by Gasteiger charge is 2.16. The van der Waals surface area contributed by atoms with E-state index in [1.807, 2.05) is 0 Å². The third-order valence-corrected chi connectivity index (χ3v) is 2.97. The van der Waals surface area contributed by atoms with Gasteiger partial charge in [-0.2, -0.15) is 5.10 Å². The molecule has 0 aliphatic rings. The predicted molar refractivity (Wildman–Crippen MR) is 59.3 cm³/mol. The molecule has 0 saturated carbocycles. The summed E-state index contributed by atoms with van der Waals surface area (Å²) in [5.74, 6) is 0.593. The zero-order chi connectivity index (χ0) is 10.7. The van der Waals surface area contributed by atoms with E-state index in [2.05, 4.69) is 34.9 Å². The smallest absolute Gasteiger partial charge is 0.182 e. The van der Waals surface area contributed by atoms with Gasteiger partial charge in [-0.3, -0.25) is 9.48 Å². The summed E-state index contributed by atoms with van der Waals surface area (Å²) < 4.78 is 2.41. The first kappa shape index (κ1) is 11.4. The van der Waals surface area contributed by atoms with Crippen LogP contribution in [0.4, 0.5) is 0 Å². The topological polar surface area (TPSA) is 34.9 Å². The number of aryl methyl sites for hydroxylation is 1. The molecule has 3 nitrogen and oxygen atoms in total. The normalized spacial score (nSPS) is 12.9. The monoisotopic (exact) mass is 258 g/mol. The average molecular weight is 259 g/mol. The van der Waals surface area contributed by atoms with E-state index in [0.29, 0.717) is 18.0 Å². The summed E-state index contributed by atoms with van der Waals surface area (Å²) in [5, 5.41) is 4.02. The van der Waals surface area contributed by atoms with Crippen LogP contribution in [0.3, 0.4) is 0 Å². The van der Waals surface area contributed by atoms with Gasteiger partial charge in [0.05, 0.1) is 10.7 Å². The molecule has 0 N–H and O–H groups in total. The number of hydrogen-bond acceptors (Lipinski definition) is 2. The molecule has 0 radical (unpaired) electrons. The van der Waals surface area contributed by atoms with Crippen molar-refractivity contribution in [3.63, 3.8) is 0 Å². The molecule has 4 heteroatoms. The minimum Gasteiger partial charge on any atom is -0.292 e. The van der Waals surface area contributed by atoms with Crippen LogP contribution in [-0.4, -0.2) is 15.6 Å². The van der Waals surface area contributed by atoms with Crippen LogP contribution in [-0.2, 0) is 7.05 Å². The van der Waals surface area contributed by atoms with E-state index >= 15 is 0 Å². The quantitative estimate of drug-likeness (QED) is 0.779. The fourth-order valence-electron chi connectivity index (χ4n) is 1.28. The van der Waals surface area contributed by atoms with Gasteiger partial charge in [0.25, 0.3) is 0 Å². The Labute approximate surface area is 92.6 Å². The van der Waals surface area contributed by atoms with E-state index in [4.69, 9.17) is 0 Å². The molecule has 78 valence electrons. The van der Waals surface area contributed by atoms with Gasteiger partial charge in [-0.25, -0.2) is 0 Å². The van der Waals surface area contributed by atoms with Gasteiger partial charge in [-0.15, -0.1) is 0 Å². The molecule has 1 rings (SSSR count). The molecular weight excluding hydrogens is 244 g/mol. The van der Waals surface area contributed by atoms with Crippen LogP contribution in [0.2, 0.25) is 0 Å². The minimum atomic E-state index is 0.159. The van der Waals surface area contributed by atoms with E-state index < -0.39 is 0 Å². The van der Waals surface area contributed by atoms with Gasteiger partial charge < -0.3 is 0 Å². The van der Waals surface area contributed by atoms with Crippen LogP contribution in [0, 0.1) is 5.92 Å². The Morgan fingerprint density at radius 2 is 2.36 bits per heavy atom. The third-order valence-electron chi connectivity index (χ3n) is 2.39. The highest BCUT2D eigenvalue weighted by atomic mass is 79.9. The first-order valence-electron chi connectivity index (χ1n) is 4.77. The Kier molecular flexibility index (Phi) is 3.86. The second-order valence-electron chi connectivity index (χ2n) is 3.61. The number of ketones is 1. The highest BCUT2D eigenvalue weighted by Crippen LogP contribution is 2.19. The second-order valence-corrected chi connectivity index (χ2v) is 4.46. The summed E-state index contributed by atoms with van der Waals surface area (Å²) in [4.78, 5) is 11.8. The molecule has 0 amide bonds. The first-order valence-corrected chi connectivity index (χ1v) is 5.56. The zero-order valence-electron chi connectivity index (χ0n) is 8.75. The van der Waals surface area contributed by atoms with E-state index in [0.717, 1.165) is 10.9 Å². The molecule has 0 aliphatic heterocycles. The Balaban J connectivity index is 2.79. The highest BCUT2D eigenvalue weighted by molar-refractivity contribution is 9.10. The van der Waals surface area contributed by atoms with E-state index in [-0.39, 0.29) is 5.78 Å². The maximum atomic E-state index is 11.8. The molecule has 1 atom stereocenters. The molecule has 0 aromatic carbocycles. The maximum Gasteiger partial charge on any atom is 0.182 e. The molecule has 1 unspecified atom stereocenters. The molecule has 1 aromatic heterocycles. The van der Waals surface area contributed by atoms with Crippen molar-refractivity contribution in [3.8, 4) is 0 Å². The van der Waals surface area contributed by atoms with E-state index in [9.17, 15) is 4.79 Å². The van der Waals surface area contributed by atoms with Crippen molar-refractivity contribution in [3.05, 3.63) is 16.4 Å². The Bertz CT molecular complexity index is 313. The summed E-state index contributed by atoms with van der Waals surface area (Å²) >= 11 is 3.33. The lowest BCUT2D eigenvalue weighted by Crippen LogP contribution is -2.11. The number of rotatable bonds is 4. The van der Waals surface area contributed by atoms with E-state index in [1.165, 1.54) is 0 Å². The summed E-state index contributed by atoms with van der Waals surface area (Å²) in [6.07, 6.45) is 3.28. The standard InChI is InChI=1S/C10H15BrN2O/c1-4-7(2)5-9(14)10-8(11)6-12-13(10)3/h6-7H,4-5H2,1-3H3.